The van der Waals surface area contributed by atoms with Crippen molar-refractivity contribution in [3.8, 4) is 6.07 Å². The summed E-state index contributed by atoms with van der Waals surface area (Å²) in [6.45, 7) is 1.41. The minimum Gasteiger partial charge on any atom is -0.444 e. The van der Waals surface area contributed by atoms with E-state index in [4.69, 9.17) is 10.00 Å². The van der Waals surface area contributed by atoms with Crippen LogP contribution in [0.1, 0.15) is 33.2 Å². The number of anilines is 1. The number of benzene rings is 2. The lowest BCUT2D eigenvalue weighted by atomic mass is 9.97. The molecule has 0 saturated carbocycles. The van der Waals surface area contributed by atoms with E-state index in [-0.39, 0.29) is 22.4 Å². The summed E-state index contributed by atoms with van der Waals surface area (Å²) in [5, 5.41) is 20.1. The van der Waals surface area contributed by atoms with Crippen LogP contribution in [-0.4, -0.2) is 36.9 Å². The summed E-state index contributed by atoms with van der Waals surface area (Å²) >= 11 is 0. The van der Waals surface area contributed by atoms with Crippen molar-refractivity contribution in [3.05, 3.63) is 69.3 Å². The third-order valence-electron chi connectivity index (χ3n) is 3.77. The Morgan fingerprint density at radius 2 is 1.81 bits per heavy atom. The van der Waals surface area contributed by atoms with Crippen molar-refractivity contribution in [3.63, 3.8) is 0 Å². The van der Waals surface area contributed by atoms with Crippen molar-refractivity contribution in [1.82, 2.24) is 0 Å². The van der Waals surface area contributed by atoms with E-state index in [1.165, 1.54) is 37.3 Å². The second kappa shape index (κ2) is 8.10. The number of ether oxygens (including phenoxy) is 1. The Labute approximate surface area is 155 Å². The summed E-state index contributed by atoms with van der Waals surface area (Å²) in [5.41, 5.74) is 0.237. The number of nitro benzene ring substituents is 1. The average molecular weight is 367 g/mol. The zero-order valence-electron chi connectivity index (χ0n) is 15.0. The van der Waals surface area contributed by atoms with E-state index >= 15 is 0 Å². The first-order valence-corrected chi connectivity index (χ1v) is 7.96. The summed E-state index contributed by atoms with van der Waals surface area (Å²) in [6.07, 6.45) is -0.971. The zero-order chi connectivity index (χ0) is 20.1. The fourth-order valence-electron chi connectivity index (χ4n) is 2.45. The lowest BCUT2D eigenvalue weighted by Gasteiger charge is -2.14. The smallest absolute Gasteiger partial charge is 0.340 e. The van der Waals surface area contributed by atoms with Gasteiger partial charge in [-0.3, -0.25) is 14.9 Å². The first-order valence-electron chi connectivity index (χ1n) is 7.96. The summed E-state index contributed by atoms with van der Waals surface area (Å²) in [5.74, 6) is -1.37. The second-order valence-electron chi connectivity index (χ2n) is 5.91. The monoisotopic (exact) mass is 367 g/mol. The molecule has 8 nitrogen and oxygen atoms in total. The molecule has 2 aromatic carbocycles. The third kappa shape index (κ3) is 4.27. The number of hydrogen-bond donors (Lipinski definition) is 0. The van der Waals surface area contributed by atoms with Gasteiger partial charge in [0.1, 0.15) is 11.8 Å². The number of nitro groups is 1. The molecule has 0 fully saturated rings. The second-order valence-corrected chi connectivity index (χ2v) is 5.91. The summed E-state index contributed by atoms with van der Waals surface area (Å²) in [6, 6.07) is 11.9. The lowest BCUT2D eigenvalue weighted by Crippen LogP contribution is -2.17. The predicted molar refractivity (Wildman–Crippen MR) is 97.8 cm³/mol. The van der Waals surface area contributed by atoms with Crippen LogP contribution in [0.25, 0.3) is 0 Å². The molecule has 0 aliphatic rings. The number of hydrogen-bond acceptors (Lipinski definition) is 7. The number of esters is 1. The maximum Gasteiger partial charge on any atom is 0.340 e. The molecule has 0 radical (unpaired) electrons. The topological polar surface area (TPSA) is 114 Å². The molecule has 2 rings (SSSR count). The van der Waals surface area contributed by atoms with Crippen LogP contribution >= 0.6 is 0 Å². The SMILES string of the molecule is C[C@H](C#N)OC(=O)c1ccccc1C(=O)c1ccc(N(C)C)c([N+](=O)[O-])c1. The molecule has 0 aliphatic heterocycles. The highest BCUT2D eigenvalue weighted by molar-refractivity contribution is 6.15. The van der Waals surface area contributed by atoms with Crippen LogP contribution in [0.2, 0.25) is 0 Å². The van der Waals surface area contributed by atoms with Crippen molar-refractivity contribution in [2.75, 3.05) is 19.0 Å². The number of carbonyl (C=O) groups excluding carboxylic acids is 2. The van der Waals surface area contributed by atoms with Crippen LogP contribution < -0.4 is 4.90 Å². The van der Waals surface area contributed by atoms with Gasteiger partial charge in [-0.15, -0.1) is 0 Å². The maximum absolute atomic E-state index is 12.9. The number of rotatable bonds is 6. The standard InChI is InChI=1S/C19H17N3O5/c1-12(11-20)27-19(24)15-7-5-4-6-14(15)18(23)13-8-9-16(21(2)3)17(10-13)22(25)26/h4-10,12H,1-3H3/t12-/m1/s1. The molecule has 0 heterocycles. The van der Waals surface area contributed by atoms with Gasteiger partial charge in [0, 0.05) is 31.3 Å². The molecule has 0 saturated heterocycles. The highest BCUT2D eigenvalue weighted by Crippen LogP contribution is 2.29. The van der Waals surface area contributed by atoms with Crippen molar-refractivity contribution in [2.45, 2.75) is 13.0 Å². The van der Waals surface area contributed by atoms with Crippen LogP contribution in [0, 0.1) is 21.4 Å². The molecule has 8 heteroatoms. The Kier molecular flexibility index (Phi) is 5.88. The van der Waals surface area contributed by atoms with E-state index in [0.29, 0.717) is 5.69 Å². The number of ketones is 1. The zero-order valence-corrected chi connectivity index (χ0v) is 15.0. The average Bonchev–Trinajstić information content (AvgIpc) is 2.66. The molecular formula is C19H17N3O5. The molecule has 0 aliphatic carbocycles. The number of carbonyl (C=O) groups is 2. The fraction of sp³-hybridized carbons (Fsp3) is 0.211. The minimum atomic E-state index is -0.971. The Morgan fingerprint density at radius 3 is 2.37 bits per heavy atom. The number of nitriles is 1. The van der Waals surface area contributed by atoms with E-state index in [0.717, 1.165) is 0 Å². The summed E-state index contributed by atoms with van der Waals surface area (Å²) < 4.78 is 4.96. The first-order chi connectivity index (χ1) is 12.8. The number of nitrogens with zero attached hydrogens (tertiary/aromatic N) is 3. The molecule has 138 valence electrons. The summed E-state index contributed by atoms with van der Waals surface area (Å²) in [4.78, 5) is 37.5. The van der Waals surface area contributed by atoms with Crippen LogP contribution in [0.4, 0.5) is 11.4 Å². The van der Waals surface area contributed by atoms with Gasteiger partial charge < -0.3 is 9.64 Å². The molecule has 0 unspecified atom stereocenters. The van der Waals surface area contributed by atoms with E-state index in [1.807, 2.05) is 0 Å². The van der Waals surface area contributed by atoms with Gasteiger partial charge in [0.2, 0.25) is 0 Å². The van der Waals surface area contributed by atoms with Gasteiger partial charge in [-0.2, -0.15) is 5.26 Å². The minimum absolute atomic E-state index is 0.0102. The molecular weight excluding hydrogens is 350 g/mol. The Hall–Kier alpha value is -3.73. The van der Waals surface area contributed by atoms with Gasteiger partial charge in [-0.05, 0) is 25.1 Å². The van der Waals surface area contributed by atoms with Gasteiger partial charge in [0.25, 0.3) is 5.69 Å². The lowest BCUT2D eigenvalue weighted by molar-refractivity contribution is -0.384. The van der Waals surface area contributed by atoms with Crippen LogP contribution in [0.15, 0.2) is 42.5 Å². The van der Waals surface area contributed by atoms with Gasteiger partial charge in [-0.1, -0.05) is 18.2 Å². The van der Waals surface area contributed by atoms with E-state index < -0.39 is 22.8 Å². The Bertz CT molecular complexity index is 947. The predicted octanol–water partition coefficient (Wildman–Crippen LogP) is 2.96. The molecule has 0 N–H and O–H groups in total. The van der Waals surface area contributed by atoms with Crippen molar-refractivity contribution in [2.24, 2.45) is 0 Å². The summed E-state index contributed by atoms with van der Waals surface area (Å²) in [7, 11) is 3.32. The van der Waals surface area contributed by atoms with Crippen LogP contribution in [0.5, 0.6) is 0 Å². The Balaban J connectivity index is 2.48. The maximum atomic E-state index is 12.9. The van der Waals surface area contributed by atoms with Crippen molar-refractivity contribution in [1.29, 1.82) is 5.26 Å². The van der Waals surface area contributed by atoms with Gasteiger partial charge >= 0.3 is 5.97 Å². The normalized spacial score (nSPS) is 11.2. The molecule has 2 aromatic rings. The molecule has 0 aromatic heterocycles. The molecule has 0 bridgehead atoms. The quantitative estimate of drug-likeness (QED) is 0.334. The third-order valence-corrected chi connectivity index (χ3v) is 3.77. The fourth-order valence-corrected chi connectivity index (χ4v) is 2.45. The first kappa shape index (κ1) is 19.6. The van der Waals surface area contributed by atoms with Crippen molar-refractivity contribution >= 4 is 23.1 Å². The Morgan fingerprint density at radius 1 is 1.19 bits per heavy atom. The van der Waals surface area contributed by atoms with Crippen LogP contribution in [0.3, 0.4) is 0 Å². The van der Waals surface area contributed by atoms with Crippen molar-refractivity contribution < 1.29 is 19.2 Å². The van der Waals surface area contributed by atoms with Gasteiger partial charge in [-0.25, -0.2) is 4.79 Å². The molecule has 27 heavy (non-hydrogen) atoms. The highest BCUT2D eigenvalue weighted by atomic mass is 16.6. The largest absolute Gasteiger partial charge is 0.444 e. The molecule has 0 amide bonds. The van der Waals surface area contributed by atoms with Gasteiger partial charge in [0.15, 0.2) is 11.9 Å². The highest BCUT2D eigenvalue weighted by Gasteiger charge is 2.23. The molecule has 1 atom stereocenters. The van der Waals surface area contributed by atoms with E-state index in [2.05, 4.69) is 0 Å². The molecule has 0 spiro atoms. The van der Waals surface area contributed by atoms with Gasteiger partial charge in [0.05, 0.1) is 10.5 Å². The van der Waals surface area contributed by atoms with Crippen LogP contribution in [-0.2, 0) is 4.74 Å². The van der Waals surface area contributed by atoms with E-state index in [9.17, 15) is 19.7 Å². The van der Waals surface area contributed by atoms with E-state index in [1.54, 1.807) is 37.2 Å².